The highest BCUT2D eigenvalue weighted by molar-refractivity contribution is 6.35. The van der Waals surface area contributed by atoms with Gasteiger partial charge in [0.2, 0.25) is 0 Å². The maximum atomic E-state index is 15.9. The molecule has 0 spiro atoms. The molecule has 0 radical (unpaired) electrons. The summed E-state index contributed by atoms with van der Waals surface area (Å²) in [7, 11) is 0. The van der Waals surface area contributed by atoms with Gasteiger partial charge in [0.15, 0.2) is 5.78 Å². The van der Waals surface area contributed by atoms with Gasteiger partial charge in [0.1, 0.15) is 35.5 Å². The minimum absolute atomic E-state index is 0.162. The van der Waals surface area contributed by atoms with E-state index in [1.54, 1.807) is 18.2 Å². The molecule has 11 heteroatoms. The van der Waals surface area contributed by atoms with Crippen molar-refractivity contribution < 1.29 is 23.8 Å². The van der Waals surface area contributed by atoms with E-state index in [-0.39, 0.29) is 40.7 Å². The number of aromatic amines is 1. The Bertz CT molecular complexity index is 1560. The predicted octanol–water partition coefficient (Wildman–Crippen LogP) is 6.55. The van der Waals surface area contributed by atoms with Gasteiger partial charge in [-0.15, -0.1) is 0 Å². The third kappa shape index (κ3) is 5.31. The number of rotatable bonds is 6. The predicted molar refractivity (Wildman–Crippen MR) is 150 cm³/mol. The molecule has 40 heavy (non-hydrogen) atoms. The van der Waals surface area contributed by atoms with Gasteiger partial charge in [0.25, 0.3) is 0 Å². The zero-order valence-electron chi connectivity index (χ0n) is 22.2. The number of ketones is 1. The number of hydrogen-bond acceptors (Lipinski definition) is 6. The lowest BCUT2D eigenvalue weighted by Crippen LogP contribution is -2.61. The molecule has 1 fully saturated rings. The summed E-state index contributed by atoms with van der Waals surface area (Å²) < 4.78 is 21.7. The largest absolute Gasteiger partial charge is 0.465 e. The number of likely N-dealkylation sites (tertiary alicyclic amines) is 1. The summed E-state index contributed by atoms with van der Waals surface area (Å²) in [6.45, 7) is 5.60. The Labute approximate surface area is 235 Å². The van der Waals surface area contributed by atoms with E-state index in [9.17, 15) is 14.7 Å². The van der Waals surface area contributed by atoms with Gasteiger partial charge in [-0.05, 0) is 36.1 Å². The fraction of sp³-hybridized carbons (Fsp3) is 0.310. The van der Waals surface area contributed by atoms with Crippen molar-refractivity contribution in [3.63, 3.8) is 0 Å². The van der Waals surface area contributed by atoms with Gasteiger partial charge in [-0.25, -0.2) is 19.2 Å². The minimum Gasteiger partial charge on any atom is -0.465 e. The minimum atomic E-state index is -1.51. The Morgan fingerprint density at radius 1 is 1.12 bits per heavy atom. The van der Waals surface area contributed by atoms with Crippen LogP contribution in [-0.2, 0) is 0 Å². The maximum Gasteiger partial charge on any atom is 0.407 e. The number of piperidine rings is 1. The lowest BCUT2D eigenvalue weighted by atomic mass is 9.78. The number of nitrogens with one attached hydrogen (secondary N) is 2. The molecule has 208 valence electrons. The number of H-pyrrole nitrogens is 1. The van der Waals surface area contributed by atoms with Crippen LogP contribution in [0.5, 0.6) is 11.5 Å². The SMILES string of the molecule is CC(C)(C)C1C(F)C(Nc2ncnc3[nH]cc(C(=O)c4ccc(Oc5ccccc5)cc4Cl)c23)CCN1C(=O)O. The van der Waals surface area contributed by atoms with E-state index < -0.39 is 29.8 Å². The van der Waals surface area contributed by atoms with Crippen LogP contribution in [0.15, 0.2) is 61.1 Å². The summed E-state index contributed by atoms with van der Waals surface area (Å²) in [4.78, 5) is 38.2. The molecule has 1 amide bonds. The van der Waals surface area contributed by atoms with Crippen molar-refractivity contribution in [3.8, 4) is 11.5 Å². The van der Waals surface area contributed by atoms with Crippen molar-refractivity contribution in [2.45, 2.75) is 45.4 Å². The Kier molecular flexibility index (Phi) is 7.37. The fourth-order valence-electron chi connectivity index (χ4n) is 5.22. The van der Waals surface area contributed by atoms with Crippen LogP contribution < -0.4 is 10.1 Å². The highest BCUT2D eigenvalue weighted by Gasteiger charge is 2.46. The Balaban J connectivity index is 1.43. The molecule has 3 heterocycles. The van der Waals surface area contributed by atoms with Gasteiger partial charge < -0.3 is 25.0 Å². The third-order valence-corrected chi connectivity index (χ3v) is 7.35. The molecule has 1 aliphatic rings. The zero-order chi connectivity index (χ0) is 28.6. The van der Waals surface area contributed by atoms with Gasteiger partial charge in [-0.3, -0.25) is 4.79 Å². The molecule has 0 aliphatic carbocycles. The van der Waals surface area contributed by atoms with Gasteiger partial charge in [-0.2, -0.15) is 0 Å². The second-order valence-electron chi connectivity index (χ2n) is 10.8. The number of aromatic nitrogens is 3. The zero-order valence-corrected chi connectivity index (χ0v) is 22.9. The number of alkyl halides is 1. The van der Waals surface area contributed by atoms with Crippen molar-refractivity contribution >= 4 is 40.3 Å². The first-order valence-corrected chi connectivity index (χ1v) is 13.2. The molecule has 1 aliphatic heterocycles. The number of carbonyl (C=O) groups is 2. The van der Waals surface area contributed by atoms with E-state index in [2.05, 4.69) is 20.3 Å². The van der Waals surface area contributed by atoms with Gasteiger partial charge >= 0.3 is 6.09 Å². The van der Waals surface area contributed by atoms with E-state index in [1.165, 1.54) is 12.5 Å². The second kappa shape index (κ2) is 10.8. The van der Waals surface area contributed by atoms with E-state index in [1.807, 2.05) is 51.1 Å². The highest BCUT2D eigenvalue weighted by Crippen LogP contribution is 2.37. The molecule has 3 unspecified atom stereocenters. The van der Waals surface area contributed by atoms with Crippen molar-refractivity contribution in [3.05, 3.63) is 77.2 Å². The highest BCUT2D eigenvalue weighted by atomic mass is 35.5. The first kappa shape index (κ1) is 27.4. The molecular weight excluding hydrogens is 537 g/mol. The Hall–Kier alpha value is -4.18. The van der Waals surface area contributed by atoms with Crippen LogP contribution in [0.1, 0.15) is 43.1 Å². The summed E-state index contributed by atoms with van der Waals surface area (Å²) in [5, 5.41) is 13.4. The van der Waals surface area contributed by atoms with Crippen LogP contribution in [0, 0.1) is 5.41 Å². The molecule has 2 aromatic heterocycles. The number of carbonyl (C=O) groups excluding carboxylic acids is 1. The van der Waals surface area contributed by atoms with Crippen LogP contribution in [0.25, 0.3) is 11.0 Å². The first-order valence-electron chi connectivity index (χ1n) is 12.8. The molecular formula is C29H29ClFN5O4. The van der Waals surface area contributed by atoms with Crippen LogP contribution in [0.2, 0.25) is 5.02 Å². The number of carboxylic acid groups (broad SMARTS) is 1. The molecule has 5 rings (SSSR count). The number of halogens is 2. The number of ether oxygens (including phenoxy) is 1. The van der Waals surface area contributed by atoms with Crippen LogP contribution in [0.3, 0.4) is 0 Å². The molecule has 3 N–H and O–H groups in total. The number of anilines is 1. The van der Waals surface area contributed by atoms with E-state index >= 15 is 4.39 Å². The maximum absolute atomic E-state index is 15.9. The van der Waals surface area contributed by atoms with Crippen LogP contribution in [0.4, 0.5) is 15.0 Å². The molecule has 3 atom stereocenters. The Morgan fingerprint density at radius 2 is 1.88 bits per heavy atom. The normalized spacial score (nSPS) is 19.4. The van der Waals surface area contributed by atoms with Crippen LogP contribution in [-0.4, -0.2) is 61.6 Å². The van der Waals surface area contributed by atoms with Gasteiger partial charge in [0, 0.05) is 24.4 Å². The van der Waals surface area contributed by atoms with Crippen molar-refractivity contribution in [2.75, 3.05) is 11.9 Å². The van der Waals surface area contributed by atoms with E-state index in [4.69, 9.17) is 16.3 Å². The summed E-state index contributed by atoms with van der Waals surface area (Å²) in [5.74, 6) is 1.02. The molecule has 1 saturated heterocycles. The number of para-hydroxylation sites is 1. The number of amides is 1. The molecule has 2 aromatic carbocycles. The first-order chi connectivity index (χ1) is 19.0. The smallest absolute Gasteiger partial charge is 0.407 e. The fourth-order valence-corrected chi connectivity index (χ4v) is 5.48. The van der Waals surface area contributed by atoms with Crippen molar-refractivity contribution in [1.82, 2.24) is 19.9 Å². The molecule has 4 aromatic rings. The lowest BCUT2D eigenvalue weighted by molar-refractivity contribution is 0.00165. The number of benzene rings is 2. The molecule has 0 saturated carbocycles. The average molecular weight is 566 g/mol. The van der Waals surface area contributed by atoms with E-state index in [0.717, 1.165) is 4.90 Å². The molecule has 0 bridgehead atoms. The summed E-state index contributed by atoms with van der Waals surface area (Å²) >= 11 is 6.51. The topological polar surface area (TPSA) is 120 Å². The van der Waals surface area contributed by atoms with Crippen LogP contribution >= 0.6 is 11.6 Å². The Morgan fingerprint density at radius 3 is 2.55 bits per heavy atom. The number of fused-ring (bicyclic) bond motifs is 1. The van der Waals surface area contributed by atoms with Crippen molar-refractivity contribution in [2.24, 2.45) is 5.41 Å². The number of nitrogens with zero attached hydrogens (tertiary/aromatic N) is 3. The number of hydrogen-bond donors (Lipinski definition) is 3. The van der Waals surface area contributed by atoms with Gasteiger partial charge in [0.05, 0.1) is 28.1 Å². The lowest BCUT2D eigenvalue weighted by Gasteiger charge is -2.46. The monoisotopic (exact) mass is 565 g/mol. The third-order valence-electron chi connectivity index (χ3n) is 7.04. The molecule has 9 nitrogen and oxygen atoms in total. The average Bonchev–Trinajstić information content (AvgIpc) is 3.34. The second-order valence-corrected chi connectivity index (χ2v) is 11.2. The van der Waals surface area contributed by atoms with Crippen molar-refractivity contribution in [1.29, 1.82) is 0 Å². The summed E-state index contributed by atoms with van der Waals surface area (Å²) in [5.41, 5.74) is 0.277. The standard InChI is InChI=1S/C29H29ClFN5O4/c1-29(2,3)25-23(31)21(11-12-36(25)28(38)39)35-27-22-19(14-32-26(22)33-15-34-27)24(37)18-10-9-17(13-20(18)30)40-16-7-5-4-6-8-16/h4-10,13-15,21,23,25H,11-12H2,1-3H3,(H,38,39)(H2,32,33,34,35). The van der Waals surface area contributed by atoms with Gasteiger partial charge in [-0.1, -0.05) is 50.6 Å². The summed E-state index contributed by atoms with van der Waals surface area (Å²) in [6, 6.07) is 12.4. The summed E-state index contributed by atoms with van der Waals surface area (Å²) in [6.07, 6.45) is 0.406. The quantitative estimate of drug-likeness (QED) is 0.227. The van der Waals surface area contributed by atoms with E-state index in [0.29, 0.717) is 22.5 Å².